The number of fused-ring (bicyclic) bond motifs is 1. The van der Waals surface area contributed by atoms with Crippen LogP contribution in [0.3, 0.4) is 0 Å². The minimum absolute atomic E-state index is 0.0435. The molecule has 0 saturated heterocycles. The maximum atomic E-state index is 12.5. The second-order valence-corrected chi connectivity index (χ2v) is 5.53. The monoisotopic (exact) mass is 268 g/mol. The van der Waals surface area contributed by atoms with Crippen LogP contribution in [0.5, 0.6) is 0 Å². The molecule has 3 heteroatoms. The Labute approximate surface area is 119 Å². The van der Waals surface area contributed by atoms with E-state index in [1.165, 1.54) is 24.1 Å². The molecule has 3 rings (SSSR count). The number of pyridine rings is 1. The smallest absolute Gasteiger partial charge is 0.255 e. The van der Waals surface area contributed by atoms with Crippen molar-refractivity contribution in [2.45, 2.75) is 31.7 Å². The summed E-state index contributed by atoms with van der Waals surface area (Å²) in [7, 11) is 1.87. The molecule has 0 aliphatic heterocycles. The number of hydrogen-bond donors (Lipinski definition) is 1. The number of hydrogen-bond acceptors (Lipinski definition) is 2. The van der Waals surface area contributed by atoms with Gasteiger partial charge >= 0.3 is 0 Å². The van der Waals surface area contributed by atoms with Crippen LogP contribution in [0.1, 0.15) is 41.3 Å². The third-order valence-corrected chi connectivity index (χ3v) is 4.26. The van der Waals surface area contributed by atoms with Crippen LogP contribution in [0.25, 0.3) is 0 Å². The van der Waals surface area contributed by atoms with Crippen molar-refractivity contribution in [3.63, 3.8) is 0 Å². The molecule has 0 bridgehead atoms. The number of aromatic nitrogens is 1. The van der Waals surface area contributed by atoms with Crippen molar-refractivity contribution in [2.75, 3.05) is 0 Å². The van der Waals surface area contributed by atoms with Gasteiger partial charge in [0.05, 0.1) is 6.04 Å². The molecule has 3 nitrogen and oxygen atoms in total. The summed E-state index contributed by atoms with van der Waals surface area (Å²) in [5, 5.41) is 0. The predicted octanol–water partition coefficient (Wildman–Crippen LogP) is 2.31. The van der Waals surface area contributed by atoms with Crippen LogP contribution in [-0.4, -0.2) is 4.57 Å². The highest BCUT2D eigenvalue weighted by molar-refractivity contribution is 5.35. The van der Waals surface area contributed by atoms with Gasteiger partial charge in [0.1, 0.15) is 0 Å². The molecule has 1 unspecified atom stereocenters. The van der Waals surface area contributed by atoms with E-state index in [1.807, 2.05) is 43.4 Å². The van der Waals surface area contributed by atoms with Crippen molar-refractivity contribution in [2.24, 2.45) is 12.8 Å². The Hall–Kier alpha value is -1.87. The SMILES string of the molecule is Cn1c2c(cc(C(N)c3ccccc3)c1=O)CCCC2. The first-order valence-electron chi connectivity index (χ1n) is 7.20. The second kappa shape index (κ2) is 5.25. The van der Waals surface area contributed by atoms with Gasteiger partial charge in [-0.05, 0) is 42.9 Å². The van der Waals surface area contributed by atoms with Crippen molar-refractivity contribution >= 4 is 0 Å². The molecule has 0 spiro atoms. The van der Waals surface area contributed by atoms with Gasteiger partial charge in [-0.2, -0.15) is 0 Å². The Kier molecular flexibility index (Phi) is 3.45. The van der Waals surface area contributed by atoms with Gasteiger partial charge in [0.2, 0.25) is 0 Å². The van der Waals surface area contributed by atoms with Gasteiger partial charge in [0.25, 0.3) is 5.56 Å². The third kappa shape index (κ3) is 2.18. The van der Waals surface area contributed by atoms with Crippen LogP contribution < -0.4 is 11.3 Å². The molecule has 1 atom stereocenters. The largest absolute Gasteiger partial charge is 0.320 e. The second-order valence-electron chi connectivity index (χ2n) is 5.53. The van der Waals surface area contributed by atoms with E-state index in [1.54, 1.807) is 4.57 Å². The zero-order chi connectivity index (χ0) is 14.1. The molecule has 20 heavy (non-hydrogen) atoms. The maximum absolute atomic E-state index is 12.5. The van der Waals surface area contributed by atoms with E-state index in [0.29, 0.717) is 5.56 Å². The normalized spacial score (nSPS) is 15.7. The van der Waals surface area contributed by atoms with Gasteiger partial charge < -0.3 is 10.3 Å². The summed E-state index contributed by atoms with van der Waals surface area (Å²) in [6.45, 7) is 0. The van der Waals surface area contributed by atoms with E-state index in [9.17, 15) is 4.79 Å². The third-order valence-electron chi connectivity index (χ3n) is 4.26. The lowest BCUT2D eigenvalue weighted by Gasteiger charge is -2.22. The zero-order valence-electron chi connectivity index (χ0n) is 11.8. The highest BCUT2D eigenvalue weighted by atomic mass is 16.1. The predicted molar refractivity (Wildman–Crippen MR) is 80.8 cm³/mol. The molecule has 1 aliphatic rings. The van der Waals surface area contributed by atoms with E-state index >= 15 is 0 Å². The number of aryl methyl sites for hydroxylation is 1. The minimum atomic E-state index is -0.345. The van der Waals surface area contributed by atoms with Crippen molar-refractivity contribution in [1.82, 2.24) is 4.57 Å². The summed E-state index contributed by atoms with van der Waals surface area (Å²) in [6, 6.07) is 11.5. The fraction of sp³-hybridized carbons (Fsp3) is 0.353. The van der Waals surface area contributed by atoms with Crippen LogP contribution in [-0.2, 0) is 19.9 Å². The number of nitrogens with two attached hydrogens (primary N) is 1. The summed E-state index contributed by atoms with van der Waals surface area (Å²) >= 11 is 0. The number of rotatable bonds is 2. The first-order valence-corrected chi connectivity index (χ1v) is 7.20. The molecule has 2 N–H and O–H groups in total. The molecular weight excluding hydrogens is 248 g/mol. The van der Waals surface area contributed by atoms with Gasteiger partial charge in [-0.1, -0.05) is 30.3 Å². The van der Waals surface area contributed by atoms with Crippen molar-refractivity contribution in [1.29, 1.82) is 0 Å². The van der Waals surface area contributed by atoms with Crippen LogP contribution in [0, 0.1) is 0 Å². The van der Waals surface area contributed by atoms with Gasteiger partial charge in [0.15, 0.2) is 0 Å². The molecule has 1 aliphatic carbocycles. The standard InChI is InChI=1S/C17H20N2O/c1-19-15-10-6-5-9-13(15)11-14(17(19)20)16(18)12-7-3-2-4-8-12/h2-4,7-8,11,16H,5-6,9-10,18H2,1H3. The van der Waals surface area contributed by atoms with Crippen LogP contribution >= 0.6 is 0 Å². The average molecular weight is 268 g/mol. The molecule has 1 aromatic heterocycles. The lowest BCUT2D eigenvalue weighted by Crippen LogP contribution is -2.31. The van der Waals surface area contributed by atoms with Crippen LogP contribution in [0.15, 0.2) is 41.2 Å². The highest BCUT2D eigenvalue weighted by Gasteiger charge is 2.19. The Morgan fingerprint density at radius 1 is 1.15 bits per heavy atom. The van der Waals surface area contributed by atoms with Crippen LogP contribution in [0.2, 0.25) is 0 Å². The van der Waals surface area contributed by atoms with E-state index in [-0.39, 0.29) is 11.6 Å². The van der Waals surface area contributed by atoms with Gasteiger partial charge in [-0.15, -0.1) is 0 Å². The Bertz CT molecular complexity index is 673. The number of benzene rings is 1. The van der Waals surface area contributed by atoms with Crippen LogP contribution in [0.4, 0.5) is 0 Å². The molecule has 0 fully saturated rings. The lowest BCUT2D eigenvalue weighted by atomic mass is 9.92. The van der Waals surface area contributed by atoms with E-state index in [2.05, 4.69) is 0 Å². The van der Waals surface area contributed by atoms with Crippen molar-refractivity contribution < 1.29 is 0 Å². The van der Waals surface area contributed by atoms with Gasteiger partial charge in [-0.3, -0.25) is 4.79 Å². The Morgan fingerprint density at radius 2 is 1.85 bits per heavy atom. The molecule has 0 saturated carbocycles. The summed E-state index contributed by atoms with van der Waals surface area (Å²) in [4.78, 5) is 12.5. The van der Waals surface area contributed by atoms with E-state index in [4.69, 9.17) is 5.73 Å². The van der Waals surface area contributed by atoms with Gasteiger partial charge in [0, 0.05) is 18.3 Å². The molecule has 104 valence electrons. The molecule has 1 heterocycles. The lowest BCUT2D eigenvalue weighted by molar-refractivity contribution is 0.615. The minimum Gasteiger partial charge on any atom is -0.320 e. The van der Waals surface area contributed by atoms with E-state index < -0.39 is 0 Å². The van der Waals surface area contributed by atoms with E-state index in [0.717, 1.165) is 18.4 Å². The van der Waals surface area contributed by atoms with Crippen molar-refractivity contribution in [3.8, 4) is 0 Å². The zero-order valence-corrected chi connectivity index (χ0v) is 11.8. The quantitative estimate of drug-likeness (QED) is 0.908. The molecule has 0 amide bonds. The maximum Gasteiger partial charge on any atom is 0.255 e. The first kappa shape index (κ1) is 13.1. The average Bonchev–Trinajstić information content (AvgIpc) is 2.51. The summed E-state index contributed by atoms with van der Waals surface area (Å²) in [5.74, 6) is 0. The molecule has 1 aromatic carbocycles. The van der Waals surface area contributed by atoms with Crippen molar-refractivity contribution in [3.05, 3.63) is 69.1 Å². The Balaban J connectivity index is 2.10. The fourth-order valence-electron chi connectivity index (χ4n) is 3.08. The molecule has 2 aromatic rings. The number of nitrogens with zero attached hydrogens (tertiary/aromatic N) is 1. The first-order chi connectivity index (χ1) is 9.68. The summed E-state index contributed by atoms with van der Waals surface area (Å²) < 4.78 is 1.80. The molecule has 0 radical (unpaired) electrons. The fourth-order valence-corrected chi connectivity index (χ4v) is 3.08. The topological polar surface area (TPSA) is 48.0 Å². The molecular formula is C17H20N2O. The highest BCUT2D eigenvalue weighted by Crippen LogP contribution is 2.23. The summed E-state index contributed by atoms with van der Waals surface area (Å²) in [6.07, 6.45) is 4.43. The Morgan fingerprint density at radius 3 is 2.60 bits per heavy atom. The van der Waals surface area contributed by atoms with Gasteiger partial charge in [-0.25, -0.2) is 0 Å². The summed E-state index contributed by atoms with van der Waals surface area (Å²) in [5.41, 5.74) is 10.5.